The quantitative estimate of drug-likeness (QED) is 0.820. The van der Waals surface area contributed by atoms with Gasteiger partial charge in [0, 0.05) is 24.6 Å². The van der Waals surface area contributed by atoms with Gasteiger partial charge in [-0.15, -0.1) is 0 Å². The van der Waals surface area contributed by atoms with E-state index in [1.807, 2.05) is 31.2 Å². The first-order valence-electron chi connectivity index (χ1n) is 6.20. The van der Waals surface area contributed by atoms with Gasteiger partial charge in [-0.2, -0.15) is 0 Å². The van der Waals surface area contributed by atoms with Crippen molar-refractivity contribution in [3.63, 3.8) is 0 Å². The van der Waals surface area contributed by atoms with Crippen LogP contribution < -0.4 is 11.1 Å². The zero-order chi connectivity index (χ0) is 13.7. The summed E-state index contributed by atoms with van der Waals surface area (Å²) < 4.78 is 0. The lowest BCUT2D eigenvalue weighted by Gasteiger charge is -2.10. The molecule has 98 valence electrons. The minimum atomic E-state index is -0.121. The predicted octanol–water partition coefficient (Wildman–Crippen LogP) is 1.94. The van der Waals surface area contributed by atoms with Crippen molar-refractivity contribution in [1.82, 2.24) is 10.3 Å². The van der Waals surface area contributed by atoms with E-state index in [9.17, 15) is 4.79 Å². The molecular weight excluding hydrogens is 238 g/mol. The van der Waals surface area contributed by atoms with Gasteiger partial charge in [0.15, 0.2) is 0 Å². The average Bonchev–Trinajstić information content (AvgIpc) is 2.40. The van der Waals surface area contributed by atoms with Crippen LogP contribution in [0, 0.1) is 6.92 Å². The lowest BCUT2D eigenvalue weighted by atomic mass is 10.1. The van der Waals surface area contributed by atoms with Crippen LogP contribution in [0.3, 0.4) is 0 Å². The van der Waals surface area contributed by atoms with E-state index in [2.05, 4.69) is 10.3 Å². The monoisotopic (exact) mass is 255 g/mol. The highest BCUT2D eigenvalue weighted by molar-refractivity contribution is 6.00. The Morgan fingerprint density at radius 2 is 2.00 bits per heavy atom. The Morgan fingerprint density at radius 3 is 2.68 bits per heavy atom. The number of rotatable bonds is 4. The highest BCUT2D eigenvalue weighted by Crippen LogP contribution is 2.15. The van der Waals surface area contributed by atoms with Crippen molar-refractivity contribution < 1.29 is 4.79 Å². The van der Waals surface area contributed by atoms with Gasteiger partial charge in [-0.05, 0) is 42.7 Å². The summed E-state index contributed by atoms with van der Waals surface area (Å²) >= 11 is 0. The summed E-state index contributed by atoms with van der Waals surface area (Å²) in [5.74, 6) is -0.121. The van der Waals surface area contributed by atoms with Crippen molar-refractivity contribution in [3.8, 4) is 0 Å². The molecule has 19 heavy (non-hydrogen) atoms. The smallest absolute Gasteiger partial charge is 0.253 e. The van der Waals surface area contributed by atoms with Crippen molar-refractivity contribution >= 4 is 11.6 Å². The number of nitrogens with zero attached hydrogens (tertiary/aromatic N) is 1. The largest absolute Gasteiger partial charge is 0.398 e. The average molecular weight is 255 g/mol. The zero-order valence-corrected chi connectivity index (χ0v) is 10.9. The molecule has 0 aliphatic heterocycles. The Bertz CT molecular complexity index is 547. The number of nitrogen functional groups attached to an aromatic ring is 1. The van der Waals surface area contributed by atoms with Gasteiger partial charge in [0.05, 0.1) is 5.56 Å². The Hall–Kier alpha value is -2.36. The van der Waals surface area contributed by atoms with E-state index < -0.39 is 0 Å². The molecule has 0 fully saturated rings. The van der Waals surface area contributed by atoms with Gasteiger partial charge >= 0.3 is 0 Å². The SMILES string of the molecule is Cc1cccc(N)c1C(=O)NCCc1ccncc1. The molecule has 0 spiro atoms. The molecule has 0 radical (unpaired) electrons. The van der Waals surface area contributed by atoms with Gasteiger partial charge in [-0.25, -0.2) is 0 Å². The Kier molecular flexibility index (Phi) is 4.13. The second-order valence-corrected chi connectivity index (χ2v) is 4.40. The molecular formula is C15H17N3O. The van der Waals surface area contributed by atoms with Crippen molar-refractivity contribution in [2.24, 2.45) is 0 Å². The van der Waals surface area contributed by atoms with Gasteiger partial charge in [-0.1, -0.05) is 12.1 Å². The number of amides is 1. The summed E-state index contributed by atoms with van der Waals surface area (Å²) in [7, 11) is 0. The van der Waals surface area contributed by atoms with Gasteiger partial charge in [0.2, 0.25) is 0 Å². The highest BCUT2D eigenvalue weighted by Gasteiger charge is 2.11. The number of nitrogens with two attached hydrogens (primary N) is 1. The molecule has 4 heteroatoms. The van der Waals surface area contributed by atoms with Crippen LogP contribution >= 0.6 is 0 Å². The van der Waals surface area contributed by atoms with E-state index in [-0.39, 0.29) is 5.91 Å². The second kappa shape index (κ2) is 6.00. The molecule has 0 saturated heterocycles. The summed E-state index contributed by atoms with van der Waals surface area (Å²) in [4.78, 5) is 16.0. The number of anilines is 1. The van der Waals surface area contributed by atoms with E-state index in [0.717, 1.165) is 17.5 Å². The summed E-state index contributed by atoms with van der Waals surface area (Å²) in [6.45, 7) is 2.46. The van der Waals surface area contributed by atoms with Gasteiger partial charge in [-0.3, -0.25) is 9.78 Å². The minimum Gasteiger partial charge on any atom is -0.398 e. The third kappa shape index (κ3) is 3.31. The Labute approximate surface area is 112 Å². The minimum absolute atomic E-state index is 0.121. The number of aryl methyl sites for hydroxylation is 1. The Balaban J connectivity index is 1.95. The van der Waals surface area contributed by atoms with Crippen molar-refractivity contribution in [2.75, 3.05) is 12.3 Å². The molecule has 2 rings (SSSR count). The van der Waals surface area contributed by atoms with Crippen molar-refractivity contribution in [1.29, 1.82) is 0 Å². The van der Waals surface area contributed by atoms with Gasteiger partial charge in [0.1, 0.15) is 0 Å². The standard InChI is InChI=1S/C15H17N3O/c1-11-3-2-4-13(16)14(11)15(19)18-10-7-12-5-8-17-9-6-12/h2-6,8-9H,7,10,16H2,1H3,(H,18,19). The van der Waals surface area contributed by atoms with E-state index in [1.165, 1.54) is 0 Å². The molecule has 2 aromatic rings. The first kappa shape index (κ1) is 13.1. The summed E-state index contributed by atoms with van der Waals surface area (Å²) in [5.41, 5.74) is 8.95. The molecule has 1 heterocycles. The first-order valence-corrected chi connectivity index (χ1v) is 6.20. The molecule has 0 saturated carbocycles. The summed E-state index contributed by atoms with van der Waals surface area (Å²) in [5, 5.41) is 2.89. The summed E-state index contributed by atoms with van der Waals surface area (Å²) in [6, 6.07) is 9.35. The molecule has 1 aromatic carbocycles. The van der Waals surface area contributed by atoms with Crippen molar-refractivity contribution in [3.05, 3.63) is 59.4 Å². The molecule has 0 aliphatic carbocycles. The fraction of sp³-hybridized carbons (Fsp3) is 0.200. The van der Waals surface area contributed by atoms with Gasteiger partial charge in [0.25, 0.3) is 5.91 Å². The van der Waals surface area contributed by atoms with Crippen LogP contribution in [0.1, 0.15) is 21.5 Å². The number of carbonyl (C=O) groups is 1. The third-order valence-electron chi connectivity index (χ3n) is 2.98. The van der Waals surface area contributed by atoms with Gasteiger partial charge < -0.3 is 11.1 Å². The number of benzene rings is 1. The van der Waals surface area contributed by atoms with Crippen molar-refractivity contribution in [2.45, 2.75) is 13.3 Å². The predicted molar refractivity (Wildman–Crippen MR) is 75.9 cm³/mol. The van der Waals surface area contributed by atoms with Crippen LogP contribution in [0.5, 0.6) is 0 Å². The molecule has 1 aromatic heterocycles. The number of carbonyl (C=O) groups excluding carboxylic acids is 1. The first-order chi connectivity index (χ1) is 9.18. The normalized spacial score (nSPS) is 10.2. The molecule has 0 aliphatic rings. The van der Waals surface area contributed by atoms with E-state index in [0.29, 0.717) is 17.8 Å². The van der Waals surface area contributed by atoms with E-state index >= 15 is 0 Å². The lowest BCUT2D eigenvalue weighted by Crippen LogP contribution is -2.27. The van der Waals surface area contributed by atoms with E-state index in [4.69, 9.17) is 5.73 Å². The number of hydrogen-bond donors (Lipinski definition) is 2. The lowest BCUT2D eigenvalue weighted by molar-refractivity contribution is 0.0954. The molecule has 3 N–H and O–H groups in total. The van der Waals surface area contributed by atoms with Crippen LogP contribution in [0.4, 0.5) is 5.69 Å². The fourth-order valence-corrected chi connectivity index (χ4v) is 1.96. The maximum atomic E-state index is 12.1. The number of aromatic nitrogens is 1. The van der Waals surface area contributed by atoms with E-state index in [1.54, 1.807) is 18.5 Å². The van der Waals surface area contributed by atoms with Crippen LogP contribution in [0.15, 0.2) is 42.7 Å². The second-order valence-electron chi connectivity index (χ2n) is 4.40. The molecule has 0 atom stereocenters. The topological polar surface area (TPSA) is 68.0 Å². The molecule has 0 bridgehead atoms. The van der Waals surface area contributed by atoms with Crippen LogP contribution in [0.25, 0.3) is 0 Å². The molecule has 1 amide bonds. The Morgan fingerprint density at radius 1 is 1.26 bits per heavy atom. The maximum absolute atomic E-state index is 12.1. The third-order valence-corrected chi connectivity index (χ3v) is 2.98. The number of pyridine rings is 1. The summed E-state index contributed by atoms with van der Waals surface area (Å²) in [6.07, 6.45) is 4.27. The molecule has 0 unspecified atom stereocenters. The van der Waals surface area contributed by atoms with Crippen LogP contribution in [0.2, 0.25) is 0 Å². The number of hydrogen-bond acceptors (Lipinski definition) is 3. The molecule has 4 nitrogen and oxygen atoms in total. The highest BCUT2D eigenvalue weighted by atomic mass is 16.1. The maximum Gasteiger partial charge on any atom is 0.253 e. The number of nitrogens with one attached hydrogen (secondary N) is 1. The van der Waals surface area contributed by atoms with Crippen LogP contribution in [-0.2, 0) is 6.42 Å². The van der Waals surface area contributed by atoms with Crippen LogP contribution in [-0.4, -0.2) is 17.4 Å². The zero-order valence-electron chi connectivity index (χ0n) is 10.9. The fourth-order valence-electron chi connectivity index (χ4n) is 1.96.